The molecule has 3 heteroatoms. The van der Waals surface area contributed by atoms with Gasteiger partial charge in [-0.15, -0.1) is 0 Å². The van der Waals surface area contributed by atoms with Gasteiger partial charge in [-0.05, 0) is 36.1 Å². The molecule has 15 heavy (non-hydrogen) atoms. The molecule has 0 aliphatic carbocycles. The van der Waals surface area contributed by atoms with Crippen molar-refractivity contribution in [3.8, 4) is 0 Å². The van der Waals surface area contributed by atoms with Gasteiger partial charge in [-0.1, -0.05) is 19.9 Å². The van der Waals surface area contributed by atoms with Crippen LogP contribution in [0.2, 0.25) is 0 Å². The molecule has 0 saturated carbocycles. The molecule has 0 saturated heterocycles. The van der Waals surface area contributed by atoms with Crippen LogP contribution in [0, 0.1) is 5.92 Å². The minimum atomic E-state index is 0.428. The van der Waals surface area contributed by atoms with E-state index >= 15 is 0 Å². The minimum Gasteiger partial charge on any atom is -0.345 e. The maximum Gasteiger partial charge on any atom is 0.0931 e. The number of aromatic amines is 1. The summed E-state index contributed by atoms with van der Waals surface area (Å²) in [6.07, 6.45) is 1.72. The zero-order valence-corrected chi connectivity index (χ0v) is 9.20. The number of rotatable bonds is 3. The van der Waals surface area contributed by atoms with Gasteiger partial charge in [0.15, 0.2) is 0 Å². The van der Waals surface area contributed by atoms with Crippen molar-refractivity contribution in [2.45, 2.75) is 19.8 Å². The molecule has 2 aromatic rings. The molecule has 0 fully saturated rings. The molecule has 0 radical (unpaired) electrons. The second-order valence-electron chi connectivity index (χ2n) is 4.27. The van der Waals surface area contributed by atoms with Gasteiger partial charge >= 0.3 is 0 Å². The molecule has 0 aliphatic heterocycles. The van der Waals surface area contributed by atoms with Crippen LogP contribution in [0.4, 0.5) is 0 Å². The van der Waals surface area contributed by atoms with Gasteiger partial charge in [0.1, 0.15) is 0 Å². The lowest BCUT2D eigenvalue weighted by Gasteiger charge is -2.19. The summed E-state index contributed by atoms with van der Waals surface area (Å²) >= 11 is 0. The van der Waals surface area contributed by atoms with E-state index in [-0.39, 0.29) is 0 Å². The van der Waals surface area contributed by atoms with E-state index in [0.717, 1.165) is 11.0 Å². The van der Waals surface area contributed by atoms with E-state index < -0.39 is 0 Å². The normalized spacial score (nSPS) is 13.6. The molecule has 1 aromatic carbocycles. The quantitative estimate of drug-likeness (QED) is 0.804. The van der Waals surface area contributed by atoms with Gasteiger partial charge in [0.25, 0.3) is 0 Å². The average Bonchev–Trinajstić information content (AvgIpc) is 2.65. The standard InChI is InChI=1S/C12H17N3/c1-8(2)10(6-13)9-3-4-11-12(5-9)15-7-14-11/h3-5,7-8,10H,6,13H2,1-2H3,(H,14,15). The first-order valence-corrected chi connectivity index (χ1v) is 5.35. The van der Waals surface area contributed by atoms with Crippen molar-refractivity contribution in [2.75, 3.05) is 6.54 Å². The lowest BCUT2D eigenvalue weighted by molar-refractivity contribution is 0.507. The number of aromatic nitrogens is 2. The fraction of sp³-hybridized carbons (Fsp3) is 0.417. The summed E-state index contributed by atoms with van der Waals surface area (Å²) in [5.41, 5.74) is 9.20. The fourth-order valence-electron chi connectivity index (χ4n) is 1.98. The maximum atomic E-state index is 5.80. The van der Waals surface area contributed by atoms with E-state index in [1.807, 2.05) is 6.07 Å². The summed E-state index contributed by atoms with van der Waals surface area (Å²) in [5, 5.41) is 0. The van der Waals surface area contributed by atoms with Crippen molar-refractivity contribution in [1.29, 1.82) is 0 Å². The number of hydrogen-bond donors (Lipinski definition) is 2. The lowest BCUT2D eigenvalue weighted by Crippen LogP contribution is -2.17. The zero-order valence-electron chi connectivity index (χ0n) is 9.20. The van der Waals surface area contributed by atoms with Gasteiger partial charge in [-0.2, -0.15) is 0 Å². The molecule has 0 amide bonds. The molecule has 80 valence electrons. The lowest BCUT2D eigenvalue weighted by atomic mass is 9.88. The zero-order chi connectivity index (χ0) is 10.8. The Morgan fingerprint density at radius 2 is 2.20 bits per heavy atom. The van der Waals surface area contributed by atoms with Crippen LogP contribution >= 0.6 is 0 Å². The molecular weight excluding hydrogens is 186 g/mol. The Morgan fingerprint density at radius 3 is 2.87 bits per heavy atom. The van der Waals surface area contributed by atoms with E-state index in [0.29, 0.717) is 18.4 Å². The van der Waals surface area contributed by atoms with Gasteiger partial charge in [-0.3, -0.25) is 0 Å². The fourth-order valence-corrected chi connectivity index (χ4v) is 1.98. The number of imidazole rings is 1. The van der Waals surface area contributed by atoms with Crippen LogP contribution in [-0.2, 0) is 0 Å². The number of fused-ring (bicyclic) bond motifs is 1. The molecule has 1 unspecified atom stereocenters. The highest BCUT2D eigenvalue weighted by Gasteiger charge is 2.14. The van der Waals surface area contributed by atoms with Crippen molar-refractivity contribution >= 4 is 11.0 Å². The van der Waals surface area contributed by atoms with Crippen LogP contribution < -0.4 is 5.73 Å². The first kappa shape index (κ1) is 10.2. The number of H-pyrrole nitrogens is 1. The molecule has 1 aromatic heterocycles. The Labute approximate surface area is 89.7 Å². The number of nitrogens with two attached hydrogens (primary N) is 1. The van der Waals surface area contributed by atoms with Gasteiger partial charge in [0.05, 0.1) is 17.4 Å². The maximum absolute atomic E-state index is 5.80. The van der Waals surface area contributed by atoms with Crippen molar-refractivity contribution in [1.82, 2.24) is 9.97 Å². The Balaban J connectivity index is 2.41. The average molecular weight is 203 g/mol. The smallest absolute Gasteiger partial charge is 0.0931 e. The van der Waals surface area contributed by atoms with Crippen molar-refractivity contribution in [3.05, 3.63) is 30.1 Å². The molecular formula is C12H17N3. The van der Waals surface area contributed by atoms with Gasteiger partial charge in [-0.25, -0.2) is 4.98 Å². The Bertz CT molecular complexity index is 445. The summed E-state index contributed by atoms with van der Waals surface area (Å²) in [7, 11) is 0. The highest BCUT2D eigenvalue weighted by atomic mass is 14.9. The Hall–Kier alpha value is -1.35. The third-order valence-corrected chi connectivity index (χ3v) is 2.93. The topological polar surface area (TPSA) is 54.7 Å². The molecule has 1 heterocycles. The first-order valence-electron chi connectivity index (χ1n) is 5.35. The molecule has 0 bridgehead atoms. The van der Waals surface area contributed by atoms with E-state index in [9.17, 15) is 0 Å². The van der Waals surface area contributed by atoms with E-state index in [4.69, 9.17) is 5.73 Å². The number of benzene rings is 1. The third kappa shape index (κ3) is 1.88. The molecule has 3 nitrogen and oxygen atoms in total. The van der Waals surface area contributed by atoms with Gasteiger partial charge < -0.3 is 10.7 Å². The predicted octanol–water partition coefficient (Wildman–Crippen LogP) is 2.26. The largest absolute Gasteiger partial charge is 0.345 e. The van der Waals surface area contributed by atoms with Crippen molar-refractivity contribution < 1.29 is 0 Å². The Morgan fingerprint density at radius 1 is 1.40 bits per heavy atom. The summed E-state index contributed by atoms with van der Waals surface area (Å²) < 4.78 is 0. The summed E-state index contributed by atoms with van der Waals surface area (Å²) in [6.45, 7) is 5.10. The highest BCUT2D eigenvalue weighted by Crippen LogP contribution is 2.25. The van der Waals surface area contributed by atoms with Crippen LogP contribution in [0.1, 0.15) is 25.3 Å². The predicted molar refractivity (Wildman–Crippen MR) is 62.7 cm³/mol. The summed E-state index contributed by atoms with van der Waals surface area (Å²) in [4.78, 5) is 7.33. The summed E-state index contributed by atoms with van der Waals surface area (Å²) in [6, 6.07) is 6.33. The number of hydrogen-bond acceptors (Lipinski definition) is 2. The SMILES string of the molecule is CC(C)C(CN)c1ccc2nc[nH]c2c1. The van der Waals surface area contributed by atoms with Gasteiger partial charge in [0, 0.05) is 0 Å². The molecule has 3 N–H and O–H groups in total. The second kappa shape index (κ2) is 4.03. The van der Waals surface area contributed by atoms with E-state index in [2.05, 4.69) is 35.9 Å². The molecule has 0 aliphatic rings. The van der Waals surface area contributed by atoms with Crippen molar-refractivity contribution in [2.24, 2.45) is 11.7 Å². The van der Waals surface area contributed by atoms with E-state index in [1.165, 1.54) is 5.56 Å². The first-order chi connectivity index (χ1) is 7.22. The third-order valence-electron chi connectivity index (χ3n) is 2.93. The monoisotopic (exact) mass is 203 g/mol. The van der Waals surface area contributed by atoms with Crippen LogP contribution in [0.3, 0.4) is 0 Å². The highest BCUT2D eigenvalue weighted by molar-refractivity contribution is 5.75. The van der Waals surface area contributed by atoms with Gasteiger partial charge in [0.2, 0.25) is 0 Å². The minimum absolute atomic E-state index is 0.428. The molecule has 2 rings (SSSR count). The summed E-state index contributed by atoms with van der Waals surface area (Å²) in [5.74, 6) is 0.994. The van der Waals surface area contributed by atoms with Crippen LogP contribution in [0.5, 0.6) is 0 Å². The van der Waals surface area contributed by atoms with E-state index in [1.54, 1.807) is 6.33 Å². The number of nitrogens with one attached hydrogen (secondary N) is 1. The van der Waals surface area contributed by atoms with Crippen molar-refractivity contribution in [3.63, 3.8) is 0 Å². The second-order valence-corrected chi connectivity index (χ2v) is 4.27. The Kier molecular flexibility index (Phi) is 2.73. The molecule has 0 spiro atoms. The van der Waals surface area contributed by atoms with Crippen LogP contribution in [0.15, 0.2) is 24.5 Å². The molecule has 1 atom stereocenters. The van der Waals surface area contributed by atoms with Crippen LogP contribution in [-0.4, -0.2) is 16.5 Å². The number of nitrogens with zero attached hydrogens (tertiary/aromatic N) is 1. The van der Waals surface area contributed by atoms with Crippen LogP contribution in [0.25, 0.3) is 11.0 Å².